The first-order valence-electron chi connectivity index (χ1n) is 9.25. The van der Waals surface area contributed by atoms with Crippen molar-refractivity contribution in [3.63, 3.8) is 0 Å². The van der Waals surface area contributed by atoms with E-state index in [1.807, 2.05) is 50.2 Å². The van der Waals surface area contributed by atoms with E-state index in [0.29, 0.717) is 41.3 Å². The first-order valence-corrected chi connectivity index (χ1v) is 10.0. The third-order valence-electron chi connectivity index (χ3n) is 3.84. The molecule has 0 aliphatic carbocycles. The molecule has 0 unspecified atom stereocenters. The second-order valence-electron chi connectivity index (χ2n) is 5.98. The summed E-state index contributed by atoms with van der Waals surface area (Å²) in [5.41, 5.74) is 2.07. The van der Waals surface area contributed by atoms with Crippen molar-refractivity contribution in [3.05, 3.63) is 57.6 Å². The maximum Gasteiger partial charge on any atom is 0.180 e. The van der Waals surface area contributed by atoms with Gasteiger partial charge in [0.1, 0.15) is 6.61 Å². The summed E-state index contributed by atoms with van der Waals surface area (Å²) in [6, 6.07) is 11.4. The largest absolute Gasteiger partial charge is 0.490 e. The van der Waals surface area contributed by atoms with Crippen molar-refractivity contribution in [3.8, 4) is 11.5 Å². The average Bonchev–Trinajstić information content (AvgIpc) is 2.65. The predicted molar refractivity (Wildman–Crippen MR) is 111 cm³/mol. The van der Waals surface area contributed by atoms with Gasteiger partial charge >= 0.3 is 0 Å². The minimum absolute atomic E-state index is 0.395. The van der Waals surface area contributed by atoms with Gasteiger partial charge < -0.3 is 19.5 Å². The normalized spacial score (nSPS) is 10.8. The van der Waals surface area contributed by atoms with Gasteiger partial charge in [-0.1, -0.05) is 35.3 Å². The van der Waals surface area contributed by atoms with Crippen LogP contribution < -0.4 is 14.8 Å². The lowest BCUT2D eigenvalue weighted by molar-refractivity contribution is 0.144. The molecule has 148 valence electrons. The Hall–Kier alpha value is -1.46. The van der Waals surface area contributed by atoms with E-state index >= 15 is 0 Å². The number of hydrogen-bond donors (Lipinski definition) is 1. The van der Waals surface area contributed by atoms with Crippen LogP contribution in [0.5, 0.6) is 11.5 Å². The molecule has 0 aliphatic rings. The second kappa shape index (κ2) is 12.1. The van der Waals surface area contributed by atoms with Crippen LogP contribution in [-0.2, 0) is 17.9 Å². The topological polar surface area (TPSA) is 39.7 Å². The lowest BCUT2D eigenvalue weighted by atomic mass is 10.2. The van der Waals surface area contributed by atoms with Gasteiger partial charge in [-0.15, -0.1) is 0 Å². The first kappa shape index (κ1) is 21.8. The maximum absolute atomic E-state index is 6.47. The number of ether oxygens (including phenoxy) is 3. The summed E-state index contributed by atoms with van der Waals surface area (Å²) in [5.74, 6) is 1.22. The number of nitrogens with one attached hydrogen (secondary N) is 1. The smallest absolute Gasteiger partial charge is 0.180 e. The Morgan fingerprint density at radius 1 is 0.926 bits per heavy atom. The van der Waals surface area contributed by atoms with Gasteiger partial charge in [-0.05, 0) is 62.2 Å². The Labute approximate surface area is 171 Å². The van der Waals surface area contributed by atoms with Crippen LogP contribution >= 0.6 is 23.2 Å². The van der Waals surface area contributed by atoms with Gasteiger partial charge in [-0.2, -0.15) is 0 Å². The van der Waals surface area contributed by atoms with Gasteiger partial charge in [0, 0.05) is 24.8 Å². The fourth-order valence-electron chi connectivity index (χ4n) is 2.54. The highest BCUT2D eigenvalue weighted by Gasteiger charge is 2.13. The van der Waals surface area contributed by atoms with Crippen LogP contribution in [0.1, 0.15) is 31.4 Å². The third-order valence-corrected chi connectivity index (χ3v) is 4.37. The first-order chi connectivity index (χ1) is 13.1. The molecule has 0 saturated carbocycles. The molecule has 0 atom stereocenters. The van der Waals surface area contributed by atoms with Gasteiger partial charge in [-0.3, -0.25) is 0 Å². The molecule has 6 heteroatoms. The molecule has 4 nitrogen and oxygen atoms in total. The molecule has 0 spiro atoms. The van der Waals surface area contributed by atoms with Crippen LogP contribution in [0, 0.1) is 0 Å². The fourth-order valence-corrected chi connectivity index (χ4v) is 2.95. The molecule has 0 saturated heterocycles. The zero-order valence-electron chi connectivity index (χ0n) is 15.9. The van der Waals surface area contributed by atoms with Gasteiger partial charge in [0.2, 0.25) is 0 Å². The van der Waals surface area contributed by atoms with Crippen molar-refractivity contribution >= 4 is 23.2 Å². The SMILES string of the molecule is CCOCCCNCc1cc(Cl)c(OCc2ccc(Cl)cc2)c(OCC)c1. The summed E-state index contributed by atoms with van der Waals surface area (Å²) in [5, 5.41) is 4.63. The molecule has 0 bridgehead atoms. The minimum atomic E-state index is 0.395. The van der Waals surface area contributed by atoms with Crippen molar-refractivity contribution < 1.29 is 14.2 Å². The molecule has 0 amide bonds. The van der Waals surface area contributed by atoms with E-state index in [9.17, 15) is 0 Å². The highest BCUT2D eigenvalue weighted by molar-refractivity contribution is 6.32. The quantitative estimate of drug-likeness (QED) is 0.468. The van der Waals surface area contributed by atoms with Crippen molar-refractivity contribution in [2.75, 3.05) is 26.4 Å². The molecule has 0 fully saturated rings. The van der Waals surface area contributed by atoms with E-state index in [2.05, 4.69) is 5.32 Å². The average molecular weight is 412 g/mol. The highest BCUT2D eigenvalue weighted by atomic mass is 35.5. The molecular weight excluding hydrogens is 385 g/mol. The Balaban J connectivity index is 1.98. The molecular formula is C21H27Cl2NO3. The standard InChI is InChI=1S/C21H27Cl2NO3/c1-3-25-11-5-10-24-14-17-12-19(23)21(20(13-17)26-4-2)27-15-16-6-8-18(22)9-7-16/h6-9,12-13,24H,3-5,10-11,14-15H2,1-2H3. The van der Waals surface area contributed by atoms with E-state index in [1.54, 1.807) is 0 Å². The zero-order chi connectivity index (χ0) is 19.5. The Morgan fingerprint density at radius 3 is 2.41 bits per heavy atom. The van der Waals surface area contributed by atoms with E-state index < -0.39 is 0 Å². The van der Waals surface area contributed by atoms with E-state index in [-0.39, 0.29) is 0 Å². The summed E-state index contributed by atoms with van der Waals surface area (Å²) in [6.07, 6.45) is 0.974. The van der Waals surface area contributed by atoms with Gasteiger partial charge in [0.25, 0.3) is 0 Å². The highest BCUT2D eigenvalue weighted by Crippen LogP contribution is 2.37. The summed E-state index contributed by atoms with van der Waals surface area (Å²) in [7, 11) is 0. The van der Waals surface area contributed by atoms with Crippen LogP contribution in [-0.4, -0.2) is 26.4 Å². The van der Waals surface area contributed by atoms with Crippen molar-refractivity contribution in [1.29, 1.82) is 0 Å². The summed E-state index contributed by atoms with van der Waals surface area (Å²) in [6.45, 7) is 8.00. The number of halogens is 2. The van der Waals surface area contributed by atoms with Gasteiger partial charge in [-0.25, -0.2) is 0 Å². The minimum Gasteiger partial charge on any atom is -0.490 e. The Morgan fingerprint density at radius 2 is 1.70 bits per heavy atom. The Bertz CT molecular complexity index is 693. The number of benzene rings is 2. The van der Waals surface area contributed by atoms with Crippen LogP contribution in [0.15, 0.2) is 36.4 Å². The second-order valence-corrected chi connectivity index (χ2v) is 6.82. The molecule has 0 aliphatic heterocycles. The fraction of sp³-hybridized carbons (Fsp3) is 0.429. The van der Waals surface area contributed by atoms with Crippen LogP contribution in [0.25, 0.3) is 0 Å². The van der Waals surface area contributed by atoms with Crippen molar-refractivity contribution in [2.45, 2.75) is 33.4 Å². The summed E-state index contributed by atoms with van der Waals surface area (Å²) < 4.78 is 17.0. The van der Waals surface area contributed by atoms with Gasteiger partial charge in [0.05, 0.1) is 11.6 Å². The van der Waals surface area contributed by atoms with E-state index in [4.69, 9.17) is 37.4 Å². The van der Waals surface area contributed by atoms with E-state index in [0.717, 1.165) is 37.3 Å². The van der Waals surface area contributed by atoms with Gasteiger partial charge in [0.15, 0.2) is 11.5 Å². The molecule has 0 aromatic heterocycles. The lowest BCUT2D eigenvalue weighted by Crippen LogP contribution is -2.16. The summed E-state index contributed by atoms with van der Waals surface area (Å²) >= 11 is 12.4. The summed E-state index contributed by atoms with van der Waals surface area (Å²) in [4.78, 5) is 0. The Kier molecular flexibility index (Phi) is 9.78. The van der Waals surface area contributed by atoms with E-state index in [1.165, 1.54) is 0 Å². The maximum atomic E-state index is 6.47. The molecule has 27 heavy (non-hydrogen) atoms. The zero-order valence-corrected chi connectivity index (χ0v) is 17.4. The molecule has 2 aromatic carbocycles. The molecule has 0 heterocycles. The predicted octanol–water partition coefficient (Wildman–Crippen LogP) is 5.49. The molecule has 2 aromatic rings. The monoisotopic (exact) mass is 411 g/mol. The van der Waals surface area contributed by atoms with Crippen molar-refractivity contribution in [1.82, 2.24) is 5.32 Å². The van der Waals surface area contributed by atoms with Crippen LogP contribution in [0.2, 0.25) is 10.0 Å². The lowest BCUT2D eigenvalue weighted by Gasteiger charge is -2.16. The van der Waals surface area contributed by atoms with Crippen LogP contribution in [0.4, 0.5) is 0 Å². The number of hydrogen-bond acceptors (Lipinski definition) is 4. The molecule has 0 radical (unpaired) electrons. The number of rotatable bonds is 12. The molecule has 2 rings (SSSR count). The third kappa shape index (κ3) is 7.59. The molecule has 1 N–H and O–H groups in total. The van der Waals surface area contributed by atoms with Crippen molar-refractivity contribution in [2.24, 2.45) is 0 Å². The van der Waals surface area contributed by atoms with Crippen LogP contribution in [0.3, 0.4) is 0 Å².